The summed E-state index contributed by atoms with van der Waals surface area (Å²) in [7, 11) is 3.00. The van der Waals surface area contributed by atoms with Gasteiger partial charge in [0, 0.05) is 35.6 Å². The molecule has 4 amide bonds. The number of nitrogens with zero attached hydrogens (tertiary/aromatic N) is 3. The Hall–Kier alpha value is -5.45. The molecular formula is C43H56N6O10S. The number of pyridine rings is 1. The van der Waals surface area contributed by atoms with Crippen LogP contribution in [-0.4, -0.2) is 100 Å². The van der Waals surface area contributed by atoms with E-state index in [0.29, 0.717) is 51.1 Å². The first-order chi connectivity index (χ1) is 28.3. The second-order valence-electron chi connectivity index (χ2n) is 18.1. The molecule has 1 aromatic carbocycles. The van der Waals surface area contributed by atoms with Gasteiger partial charge in [0.25, 0.3) is 0 Å². The van der Waals surface area contributed by atoms with Gasteiger partial charge in [-0.25, -0.2) is 19.6 Å². The lowest BCUT2D eigenvalue weighted by molar-refractivity contribution is -0.146. The van der Waals surface area contributed by atoms with Crippen LogP contribution < -0.4 is 30.2 Å². The molecular weight excluding hydrogens is 793 g/mol. The van der Waals surface area contributed by atoms with Crippen LogP contribution in [0.5, 0.6) is 17.2 Å². The number of aromatic nitrogens is 2. The molecule has 4 N–H and O–H groups in total. The number of rotatable bonds is 14. The van der Waals surface area contributed by atoms with E-state index >= 15 is 0 Å². The third kappa shape index (κ3) is 9.61. The number of ether oxygens (including phenoxy) is 4. The predicted molar refractivity (Wildman–Crippen MR) is 225 cm³/mol. The van der Waals surface area contributed by atoms with Crippen molar-refractivity contribution in [2.45, 2.75) is 116 Å². The van der Waals surface area contributed by atoms with Crippen molar-refractivity contribution in [2.24, 2.45) is 16.7 Å². The van der Waals surface area contributed by atoms with Gasteiger partial charge in [-0.3, -0.25) is 14.4 Å². The molecule has 3 aromatic rings. The standard InChI is InChI=1S/C43H56N6O10S/c1-10-23-19-43(23,38(53)54)48-36(51)29-17-25(21-49(29)37(52)35(42(5,6)7)47-40(55)59-24-13-11-12-14-24)58-31-18-27(44-33-26(31)15-16-30(56-8)34(33)57-9)28-22-60-39(45-28)46-32(50)20-41(2,3)4/h10,15-16,18,22-25,29,35H,1,11-14,17,19-21H2,2-9H3,(H,47,55)(H,48,51)(H,53,54)(H,45,46,50)/t23-,25-,29+,35-,43-/m1/s1. The molecule has 17 heteroatoms. The summed E-state index contributed by atoms with van der Waals surface area (Å²) in [5, 5.41) is 21.2. The molecule has 2 saturated carbocycles. The summed E-state index contributed by atoms with van der Waals surface area (Å²) in [6, 6.07) is 2.90. The number of hydrogen-bond acceptors (Lipinski definition) is 12. The minimum absolute atomic E-state index is 0.0114. The Labute approximate surface area is 353 Å². The number of alkyl carbamates (subject to hydrolysis) is 1. The first-order valence-electron chi connectivity index (χ1n) is 20.2. The predicted octanol–water partition coefficient (Wildman–Crippen LogP) is 6.33. The van der Waals surface area contributed by atoms with Gasteiger partial charge in [0.1, 0.15) is 46.8 Å². The van der Waals surface area contributed by atoms with Gasteiger partial charge in [0.15, 0.2) is 16.6 Å². The second-order valence-corrected chi connectivity index (χ2v) is 18.9. The van der Waals surface area contributed by atoms with Gasteiger partial charge >= 0.3 is 12.1 Å². The maximum atomic E-state index is 14.7. The van der Waals surface area contributed by atoms with E-state index < -0.39 is 58.9 Å². The monoisotopic (exact) mass is 848 g/mol. The van der Waals surface area contributed by atoms with Crippen LogP contribution in [0.15, 0.2) is 36.2 Å². The number of anilines is 1. The highest BCUT2D eigenvalue weighted by Gasteiger charge is 2.61. The maximum Gasteiger partial charge on any atom is 0.408 e. The third-order valence-corrected chi connectivity index (χ3v) is 11.9. The zero-order valence-corrected chi connectivity index (χ0v) is 36.3. The summed E-state index contributed by atoms with van der Waals surface area (Å²) in [5.41, 5.74) is -1.36. The van der Waals surface area contributed by atoms with Crippen molar-refractivity contribution in [3.8, 4) is 28.6 Å². The Balaban J connectivity index is 1.35. The number of hydrogen-bond donors (Lipinski definition) is 4. The van der Waals surface area contributed by atoms with Gasteiger partial charge in [0.2, 0.25) is 17.7 Å². The molecule has 1 aliphatic heterocycles. The number of benzene rings is 1. The Bertz CT molecular complexity index is 2150. The van der Waals surface area contributed by atoms with Gasteiger partial charge in [-0.2, -0.15) is 0 Å². The van der Waals surface area contributed by atoms with Crippen LogP contribution in [0.2, 0.25) is 0 Å². The van der Waals surface area contributed by atoms with Crippen molar-refractivity contribution < 1.29 is 48.0 Å². The van der Waals surface area contributed by atoms with Gasteiger partial charge in [-0.15, -0.1) is 17.9 Å². The molecule has 60 heavy (non-hydrogen) atoms. The Morgan fingerprint density at radius 3 is 2.33 bits per heavy atom. The molecule has 324 valence electrons. The van der Waals surface area contributed by atoms with E-state index in [-0.39, 0.29) is 36.8 Å². The summed E-state index contributed by atoms with van der Waals surface area (Å²) in [5.74, 6) is -1.99. The normalized spacial score (nSPS) is 22.1. The number of likely N-dealkylation sites (tertiary alicyclic amines) is 1. The number of carboxylic acid groups (broad SMARTS) is 1. The van der Waals surface area contributed by atoms with Gasteiger partial charge in [-0.1, -0.05) is 47.6 Å². The minimum atomic E-state index is -1.55. The van der Waals surface area contributed by atoms with Crippen molar-refractivity contribution in [1.82, 2.24) is 25.5 Å². The number of aliphatic carboxylic acids is 1. The average molecular weight is 849 g/mol. The summed E-state index contributed by atoms with van der Waals surface area (Å²) in [6.07, 6.45) is 3.57. The van der Waals surface area contributed by atoms with Crippen molar-refractivity contribution in [3.63, 3.8) is 0 Å². The fourth-order valence-electron chi connectivity index (χ4n) is 7.89. The van der Waals surface area contributed by atoms with Crippen LogP contribution in [0.4, 0.5) is 9.93 Å². The number of carbonyl (C=O) groups is 5. The van der Waals surface area contributed by atoms with E-state index in [9.17, 15) is 29.1 Å². The zero-order valence-electron chi connectivity index (χ0n) is 35.5. The van der Waals surface area contributed by atoms with Crippen molar-refractivity contribution in [3.05, 3.63) is 36.2 Å². The van der Waals surface area contributed by atoms with Crippen molar-refractivity contribution in [1.29, 1.82) is 0 Å². The van der Waals surface area contributed by atoms with E-state index in [1.807, 2.05) is 20.8 Å². The number of fused-ring (bicyclic) bond motifs is 1. The second kappa shape index (κ2) is 17.3. The lowest BCUT2D eigenvalue weighted by atomic mass is 9.85. The van der Waals surface area contributed by atoms with Crippen LogP contribution >= 0.6 is 11.3 Å². The van der Waals surface area contributed by atoms with E-state index in [1.54, 1.807) is 44.4 Å². The molecule has 0 unspecified atom stereocenters. The number of carboxylic acids is 1. The fraction of sp³-hybridized carbons (Fsp3) is 0.558. The molecule has 16 nitrogen and oxygen atoms in total. The van der Waals surface area contributed by atoms with Gasteiger partial charge in [0.05, 0.1) is 26.5 Å². The molecule has 0 spiro atoms. The highest BCUT2D eigenvalue weighted by Crippen LogP contribution is 2.45. The van der Waals surface area contributed by atoms with Crippen LogP contribution in [0, 0.1) is 16.7 Å². The van der Waals surface area contributed by atoms with Crippen molar-refractivity contribution in [2.75, 3.05) is 26.1 Å². The average Bonchev–Trinajstić information content (AvgIpc) is 3.58. The minimum Gasteiger partial charge on any atom is -0.493 e. The number of methoxy groups -OCH3 is 2. The molecule has 0 bridgehead atoms. The molecule has 3 fully saturated rings. The van der Waals surface area contributed by atoms with Gasteiger partial charge in [-0.05, 0) is 55.1 Å². The summed E-state index contributed by atoms with van der Waals surface area (Å²) in [4.78, 5) is 78.2. The summed E-state index contributed by atoms with van der Waals surface area (Å²) < 4.78 is 23.7. The third-order valence-electron chi connectivity index (χ3n) is 11.1. The quantitative estimate of drug-likeness (QED) is 0.131. The van der Waals surface area contributed by atoms with Crippen LogP contribution in [0.3, 0.4) is 0 Å². The number of thiazole rings is 1. The Morgan fingerprint density at radius 1 is 1.02 bits per heavy atom. The Kier molecular flexibility index (Phi) is 12.7. The molecule has 1 saturated heterocycles. The number of amides is 4. The van der Waals surface area contributed by atoms with Crippen LogP contribution in [0.1, 0.15) is 86.5 Å². The number of nitrogens with one attached hydrogen (secondary N) is 3. The number of carbonyl (C=O) groups excluding carboxylic acids is 4. The molecule has 0 radical (unpaired) electrons. The molecule has 3 heterocycles. The lowest BCUT2D eigenvalue weighted by Gasteiger charge is -2.35. The molecule has 3 aliphatic rings. The highest BCUT2D eigenvalue weighted by molar-refractivity contribution is 7.14. The summed E-state index contributed by atoms with van der Waals surface area (Å²) in [6.45, 7) is 15.0. The topological polar surface area (TPSA) is 208 Å². The summed E-state index contributed by atoms with van der Waals surface area (Å²) >= 11 is 1.24. The van der Waals surface area contributed by atoms with E-state index in [4.69, 9.17) is 23.9 Å². The largest absolute Gasteiger partial charge is 0.493 e. The molecule has 6 rings (SSSR count). The zero-order chi connectivity index (χ0) is 43.7. The molecule has 5 atom stereocenters. The van der Waals surface area contributed by atoms with Gasteiger partial charge < -0.3 is 44.9 Å². The molecule has 2 aromatic heterocycles. The van der Waals surface area contributed by atoms with Crippen molar-refractivity contribution >= 4 is 57.2 Å². The first kappa shape index (κ1) is 44.1. The maximum absolute atomic E-state index is 14.7. The fourth-order valence-corrected chi connectivity index (χ4v) is 8.62. The highest BCUT2D eigenvalue weighted by atomic mass is 32.1. The van der Waals surface area contributed by atoms with Crippen LogP contribution in [0.25, 0.3) is 22.3 Å². The van der Waals surface area contributed by atoms with E-state index in [1.165, 1.54) is 36.5 Å². The smallest absolute Gasteiger partial charge is 0.408 e. The molecule has 2 aliphatic carbocycles. The van der Waals surface area contributed by atoms with Crippen LogP contribution in [-0.2, 0) is 23.9 Å². The Morgan fingerprint density at radius 2 is 1.73 bits per heavy atom. The van der Waals surface area contributed by atoms with E-state index in [0.717, 1.165) is 25.7 Å². The van der Waals surface area contributed by atoms with E-state index in [2.05, 4.69) is 27.5 Å². The SMILES string of the molecule is C=C[C@@H]1C[C@]1(NC(=O)[C@@H]1C[C@@H](Oc2cc(-c3csc(NC(=O)CC(C)(C)C)n3)nc3c(OC)c(OC)ccc23)CN1C(=O)[C@@H](NC(=O)OC1CCCC1)C(C)(C)C)C(=O)O. The lowest BCUT2D eigenvalue weighted by Crippen LogP contribution is -2.59. The first-order valence-corrected chi connectivity index (χ1v) is 21.1.